The van der Waals surface area contributed by atoms with Crippen molar-refractivity contribution in [2.75, 3.05) is 7.11 Å². The fourth-order valence-electron chi connectivity index (χ4n) is 3.77. The van der Waals surface area contributed by atoms with Crippen LogP contribution in [-0.4, -0.2) is 46.1 Å². The van der Waals surface area contributed by atoms with Crippen LogP contribution < -0.4 is 0 Å². The van der Waals surface area contributed by atoms with Crippen molar-refractivity contribution in [3.8, 4) is 0 Å². The number of fused-ring (bicyclic) bond motifs is 1. The summed E-state index contributed by atoms with van der Waals surface area (Å²) in [4.78, 5) is 30.9. The monoisotopic (exact) mass is 324 g/mol. The molecule has 1 saturated carbocycles. The van der Waals surface area contributed by atoms with Gasteiger partial charge < -0.3 is 14.7 Å². The number of methoxy groups -OCH3 is 1. The highest BCUT2D eigenvalue weighted by Gasteiger charge is 2.48. The van der Waals surface area contributed by atoms with Gasteiger partial charge in [-0.05, 0) is 25.2 Å². The zero-order chi connectivity index (χ0) is 15.7. The van der Waals surface area contributed by atoms with Crippen LogP contribution in [-0.2, 0) is 16.1 Å². The van der Waals surface area contributed by atoms with Gasteiger partial charge in [-0.15, -0.1) is 11.3 Å². The lowest BCUT2D eigenvalue weighted by Crippen LogP contribution is -2.46. The molecular weight excluding hydrogens is 304 g/mol. The van der Waals surface area contributed by atoms with Gasteiger partial charge in [-0.25, -0.2) is 9.78 Å². The molecule has 1 saturated heterocycles. The first-order valence-electron chi connectivity index (χ1n) is 7.60. The van der Waals surface area contributed by atoms with Gasteiger partial charge in [0.05, 0.1) is 17.8 Å². The van der Waals surface area contributed by atoms with Crippen LogP contribution in [0.3, 0.4) is 0 Å². The number of hydrogen-bond acceptors (Lipinski definition) is 5. The number of amides is 1. The van der Waals surface area contributed by atoms with Crippen molar-refractivity contribution in [2.24, 2.45) is 5.92 Å². The Morgan fingerprint density at radius 1 is 1.45 bits per heavy atom. The highest BCUT2D eigenvalue weighted by atomic mass is 32.1. The molecule has 1 N–H and O–H groups in total. The third kappa shape index (κ3) is 2.63. The first-order valence-corrected chi connectivity index (χ1v) is 8.48. The summed E-state index contributed by atoms with van der Waals surface area (Å²) in [6, 6.07) is -0.655. The molecule has 2 fully saturated rings. The van der Waals surface area contributed by atoms with Gasteiger partial charge >= 0.3 is 5.97 Å². The fourth-order valence-corrected chi connectivity index (χ4v) is 4.51. The second-order valence-corrected chi connectivity index (χ2v) is 6.83. The summed E-state index contributed by atoms with van der Waals surface area (Å²) in [7, 11) is 1.56. The van der Waals surface area contributed by atoms with Crippen LogP contribution in [0.15, 0.2) is 5.51 Å². The smallest absolute Gasteiger partial charge is 0.326 e. The molecule has 7 heteroatoms. The fraction of sp³-hybridized carbons (Fsp3) is 0.667. The van der Waals surface area contributed by atoms with E-state index < -0.39 is 12.0 Å². The molecule has 6 nitrogen and oxygen atoms in total. The molecule has 1 amide bonds. The van der Waals surface area contributed by atoms with Crippen molar-refractivity contribution >= 4 is 23.2 Å². The quantitative estimate of drug-likeness (QED) is 0.918. The number of aliphatic carboxylic acids is 1. The summed E-state index contributed by atoms with van der Waals surface area (Å²) in [6.07, 6.45) is 4.69. The molecule has 2 heterocycles. The molecule has 0 spiro atoms. The minimum atomic E-state index is -0.902. The summed E-state index contributed by atoms with van der Waals surface area (Å²) in [5, 5.41) is 9.52. The Labute approximate surface area is 133 Å². The van der Waals surface area contributed by atoms with E-state index in [2.05, 4.69) is 4.98 Å². The van der Waals surface area contributed by atoms with Crippen molar-refractivity contribution in [3.63, 3.8) is 0 Å². The molecule has 3 unspecified atom stereocenters. The van der Waals surface area contributed by atoms with Gasteiger partial charge in [-0.1, -0.05) is 12.8 Å². The van der Waals surface area contributed by atoms with Gasteiger partial charge in [0.1, 0.15) is 10.9 Å². The predicted molar refractivity (Wildman–Crippen MR) is 80.8 cm³/mol. The number of hydrogen-bond donors (Lipinski definition) is 1. The predicted octanol–water partition coefficient (Wildman–Crippen LogP) is 2.15. The molecule has 3 atom stereocenters. The zero-order valence-electron chi connectivity index (χ0n) is 12.5. The largest absolute Gasteiger partial charge is 0.480 e. The van der Waals surface area contributed by atoms with Gasteiger partial charge in [-0.3, -0.25) is 4.79 Å². The van der Waals surface area contributed by atoms with Gasteiger partial charge in [0.25, 0.3) is 5.91 Å². The molecule has 0 aromatic carbocycles. The molecule has 1 aromatic heterocycles. The molecule has 1 aliphatic heterocycles. The van der Waals surface area contributed by atoms with Crippen LogP contribution >= 0.6 is 11.3 Å². The Morgan fingerprint density at radius 3 is 2.95 bits per heavy atom. The minimum Gasteiger partial charge on any atom is -0.480 e. The number of carboxylic acids is 1. The second kappa shape index (κ2) is 6.34. The maximum absolute atomic E-state index is 13.0. The molecule has 120 valence electrons. The van der Waals surface area contributed by atoms with E-state index in [1.807, 2.05) is 0 Å². The topological polar surface area (TPSA) is 79.7 Å². The van der Waals surface area contributed by atoms with Crippen LogP contribution in [0.5, 0.6) is 0 Å². The maximum atomic E-state index is 13.0. The Balaban J connectivity index is 1.90. The Morgan fingerprint density at radius 2 is 2.23 bits per heavy atom. The lowest BCUT2D eigenvalue weighted by atomic mass is 9.84. The van der Waals surface area contributed by atoms with Crippen LogP contribution in [0.4, 0.5) is 0 Å². The van der Waals surface area contributed by atoms with E-state index in [-0.39, 0.29) is 18.6 Å². The minimum absolute atomic E-state index is 0.0554. The van der Waals surface area contributed by atoms with Crippen molar-refractivity contribution < 1.29 is 19.4 Å². The van der Waals surface area contributed by atoms with E-state index in [9.17, 15) is 14.7 Å². The number of rotatable bonds is 4. The third-order valence-corrected chi connectivity index (χ3v) is 5.58. The number of aromatic nitrogens is 1. The first-order chi connectivity index (χ1) is 10.6. The van der Waals surface area contributed by atoms with Crippen LogP contribution in [0.2, 0.25) is 0 Å². The van der Waals surface area contributed by atoms with Crippen molar-refractivity contribution in [1.29, 1.82) is 0 Å². The Bertz CT molecular complexity index is 574. The highest BCUT2D eigenvalue weighted by Crippen LogP contribution is 2.41. The molecular formula is C15H20N2O4S. The lowest BCUT2D eigenvalue weighted by Gasteiger charge is -2.32. The molecule has 1 aliphatic carbocycles. The van der Waals surface area contributed by atoms with Crippen molar-refractivity contribution in [2.45, 2.75) is 50.8 Å². The summed E-state index contributed by atoms with van der Waals surface area (Å²) < 4.78 is 5.08. The normalized spacial score (nSPS) is 27.7. The van der Waals surface area contributed by atoms with E-state index in [1.165, 1.54) is 11.3 Å². The molecule has 0 radical (unpaired) electrons. The number of ether oxygens (including phenoxy) is 1. The van der Waals surface area contributed by atoms with Crippen LogP contribution in [0.25, 0.3) is 0 Å². The maximum Gasteiger partial charge on any atom is 0.326 e. The SMILES string of the molecule is COCc1ncsc1C(=O)N1C(C(=O)O)CC2CCCCC21. The van der Waals surface area contributed by atoms with Gasteiger partial charge in [0.2, 0.25) is 0 Å². The number of carbonyl (C=O) groups is 2. The zero-order valence-corrected chi connectivity index (χ0v) is 13.3. The Kier molecular flexibility index (Phi) is 4.44. The molecule has 0 bridgehead atoms. The van der Waals surface area contributed by atoms with E-state index in [0.717, 1.165) is 25.7 Å². The molecule has 22 heavy (non-hydrogen) atoms. The Hall–Kier alpha value is -1.47. The first kappa shape index (κ1) is 15.4. The number of thiazole rings is 1. The number of carboxylic acid groups (broad SMARTS) is 1. The summed E-state index contributed by atoms with van der Waals surface area (Å²) in [6.45, 7) is 0.268. The number of likely N-dealkylation sites (tertiary alicyclic amines) is 1. The van der Waals surface area contributed by atoms with Gasteiger partial charge in [0, 0.05) is 13.2 Å². The van der Waals surface area contributed by atoms with E-state index >= 15 is 0 Å². The average molecular weight is 324 g/mol. The van der Waals surface area contributed by atoms with Crippen LogP contribution in [0, 0.1) is 5.92 Å². The molecule has 3 rings (SSSR count). The standard InChI is InChI=1S/C15H20N2O4S/c1-21-7-10-13(22-8-16-10)14(18)17-11-5-3-2-4-9(11)6-12(17)15(19)20/h8-9,11-12H,2-7H2,1H3,(H,19,20). The summed E-state index contributed by atoms with van der Waals surface area (Å²) in [5.41, 5.74) is 2.21. The second-order valence-electron chi connectivity index (χ2n) is 5.98. The van der Waals surface area contributed by atoms with Gasteiger partial charge in [-0.2, -0.15) is 0 Å². The van der Waals surface area contributed by atoms with Crippen molar-refractivity contribution in [1.82, 2.24) is 9.88 Å². The van der Waals surface area contributed by atoms with E-state index in [4.69, 9.17) is 4.74 Å². The number of carbonyl (C=O) groups excluding carboxylic acids is 1. The third-order valence-electron chi connectivity index (χ3n) is 4.72. The molecule has 2 aliphatic rings. The molecule has 1 aromatic rings. The van der Waals surface area contributed by atoms with Gasteiger partial charge in [0.15, 0.2) is 0 Å². The van der Waals surface area contributed by atoms with E-state index in [0.29, 0.717) is 22.9 Å². The summed E-state index contributed by atoms with van der Waals surface area (Å²) in [5.74, 6) is -0.783. The highest BCUT2D eigenvalue weighted by molar-refractivity contribution is 7.11. The lowest BCUT2D eigenvalue weighted by molar-refractivity contribution is -0.141. The van der Waals surface area contributed by atoms with Crippen LogP contribution in [0.1, 0.15) is 47.5 Å². The summed E-state index contributed by atoms with van der Waals surface area (Å²) >= 11 is 1.26. The average Bonchev–Trinajstić information content (AvgIpc) is 3.11. The van der Waals surface area contributed by atoms with E-state index in [1.54, 1.807) is 17.5 Å². The number of nitrogens with zero attached hydrogens (tertiary/aromatic N) is 2. The van der Waals surface area contributed by atoms with Crippen molar-refractivity contribution in [3.05, 3.63) is 16.1 Å².